The molecule has 1 fully saturated rings. The predicted molar refractivity (Wildman–Crippen MR) is 72.9 cm³/mol. The third-order valence-corrected chi connectivity index (χ3v) is 3.86. The van der Waals surface area contributed by atoms with E-state index in [1.165, 1.54) is 0 Å². The molecule has 1 saturated heterocycles. The van der Waals surface area contributed by atoms with Crippen molar-refractivity contribution in [2.75, 3.05) is 17.2 Å². The lowest BCUT2D eigenvalue weighted by Crippen LogP contribution is -2.40. The monoisotopic (exact) mass is 297 g/mol. The number of primary amides is 1. The number of hydrogen-bond acceptors (Lipinski definition) is 3. The highest BCUT2D eigenvalue weighted by Crippen LogP contribution is 2.35. The quantitative estimate of drug-likeness (QED) is 0.818. The first-order valence-electron chi connectivity index (χ1n) is 5.62. The van der Waals surface area contributed by atoms with E-state index in [0.717, 1.165) is 40.8 Å². The van der Waals surface area contributed by atoms with Crippen molar-refractivity contribution in [1.82, 2.24) is 0 Å². The minimum Gasteiger partial charge on any atom is -0.398 e. The maximum Gasteiger partial charge on any atom is 0.240 e. The van der Waals surface area contributed by atoms with Gasteiger partial charge in [-0.15, -0.1) is 0 Å². The fourth-order valence-electron chi connectivity index (χ4n) is 2.25. The van der Waals surface area contributed by atoms with Crippen LogP contribution in [-0.4, -0.2) is 18.5 Å². The smallest absolute Gasteiger partial charge is 0.240 e. The van der Waals surface area contributed by atoms with Crippen molar-refractivity contribution in [3.63, 3.8) is 0 Å². The Morgan fingerprint density at radius 1 is 1.53 bits per heavy atom. The summed E-state index contributed by atoms with van der Waals surface area (Å²) in [6.45, 7) is 2.82. The summed E-state index contributed by atoms with van der Waals surface area (Å²) in [6, 6.07) is 3.68. The van der Waals surface area contributed by atoms with Crippen molar-refractivity contribution in [3.8, 4) is 0 Å². The Hall–Kier alpha value is -1.23. The molecule has 4 N–H and O–H groups in total. The molecule has 17 heavy (non-hydrogen) atoms. The molecule has 2 rings (SSSR count). The topological polar surface area (TPSA) is 72.3 Å². The average Bonchev–Trinajstić information content (AvgIpc) is 2.72. The molecule has 0 radical (unpaired) electrons. The minimum absolute atomic E-state index is 0.200. The molecule has 5 heteroatoms. The number of nitrogens with zero attached hydrogens (tertiary/aromatic N) is 1. The normalized spacial score (nSPS) is 19.6. The van der Waals surface area contributed by atoms with Gasteiger partial charge in [0.1, 0.15) is 6.04 Å². The third kappa shape index (κ3) is 2.24. The summed E-state index contributed by atoms with van der Waals surface area (Å²) < 4.78 is 0.911. The van der Waals surface area contributed by atoms with Gasteiger partial charge in [0, 0.05) is 16.7 Å². The summed E-state index contributed by atoms with van der Waals surface area (Å²) in [4.78, 5) is 13.4. The van der Waals surface area contributed by atoms with Gasteiger partial charge in [0.25, 0.3) is 0 Å². The average molecular weight is 298 g/mol. The number of carbonyl (C=O) groups is 1. The number of halogens is 1. The van der Waals surface area contributed by atoms with Crippen LogP contribution in [-0.2, 0) is 4.79 Å². The first-order valence-corrected chi connectivity index (χ1v) is 6.41. The molecular formula is C12H16BrN3O. The van der Waals surface area contributed by atoms with Crippen LogP contribution in [0.15, 0.2) is 16.6 Å². The molecule has 1 aromatic carbocycles. The van der Waals surface area contributed by atoms with Gasteiger partial charge in [0.2, 0.25) is 5.91 Å². The molecule has 0 spiro atoms. The number of amides is 1. The van der Waals surface area contributed by atoms with Crippen LogP contribution in [0.5, 0.6) is 0 Å². The van der Waals surface area contributed by atoms with Gasteiger partial charge in [-0.3, -0.25) is 4.79 Å². The first-order chi connectivity index (χ1) is 8.00. The van der Waals surface area contributed by atoms with Crippen molar-refractivity contribution in [1.29, 1.82) is 0 Å². The second-order valence-electron chi connectivity index (χ2n) is 4.41. The summed E-state index contributed by atoms with van der Waals surface area (Å²) in [5.74, 6) is -0.260. The Morgan fingerprint density at radius 3 is 2.88 bits per heavy atom. The first kappa shape index (κ1) is 12.2. The van der Waals surface area contributed by atoms with Gasteiger partial charge in [-0.1, -0.05) is 0 Å². The largest absolute Gasteiger partial charge is 0.398 e. The molecule has 1 heterocycles. The molecule has 1 unspecified atom stereocenters. The highest BCUT2D eigenvalue weighted by atomic mass is 79.9. The van der Waals surface area contributed by atoms with Crippen LogP contribution in [0.3, 0.4) is 0 Å². The van der Waals surface area contributed by atoms with Crippen LogP contribution < -0.4 is 16.4 Å². The van der Waals surface area contributed by atoms with Gasteiger partial charge in [-0.25, -0.2) is 0 Å². The number of anilines is 2. The maximum absolute atomic E-state index is 11.4. The van der Waals surface area contributed by atoms with E-state index >= 15 is 0 Å². The van der Waals surface area contributed by atoms with Crippen LogP contribution in [0.25, 0.3) is 0 Å². The second kappa shape index (κ2) is 4.56. The zero-order valence-corrected chi connectivity index (χ0v) is 11.3. The molecule has 1 atom stereocenters. The lowest BCUT2D eigenvalue weighted by molar-refractivity contribution is -0.119. The molecule has 1 aliphatic heterocycles. The van der Waals surface area contributed by atoms with Gasteiger partial charge in [-0.2, -0.15) is 0 Å². The second-order valence-corrected chi connectivity index (χ2v) is 5.27. The number of benzene rings is 1. The molecule has 1 amide bonds. The lowest BCUT2D eigenvalue weighted by Gasteiger charge is -2.26. The summed E-state index contributed by atoms with van der Waals surface area (Å²) in [6.07, 6.45) is 1.81. The summed E-state index contributed by atoms with van der Waals surface area (Å²) in [7, 11) is 0. The molecular weight excluding hydrogens is 282 g/mol. The molecule has 0 aromatic heterocycles. The van der Waals surface area contributed by atoms with Gasteiger partial charge >= 0.3 is 0 Å². The van der Waals surface area contributed by atoms with E-state index in [1.807, 2.05) is 19.1 Å². The number of nitrogens with two attached hydrogens (primary N) is 2. The van der Waals surface area contributed by atoms with E-state index in [4.69, 9.17) is 11.5 Å². The standard InChI is InChI=1S/C12H16BrN3O/c1-7-5-11(8(13)6-9(7)14)16-4-2-3-10(16)12(15)17/h5-6,10H,2-4,14H2,1H3,(H2,15,17). The number of hydrogen-bond donors (Lipinski definition) is 2. The van der Waals surface area contributed by atoms with Crippen molar-refractivity contribution in [2.45, 2.75) is 25.8 Å². The Morgan fingerprint density at radius 2 is 2.24 bits per heavy atom. The van der Waals surface area contributed by atoms with E-state index in [9.17, 15) is 4.79 Å². The van der Waals surface area contributed by atoms with Crippen LogP contribution in [0.2, 0.25) is 0 Å². The van der Waals surface area contributed by atoms with Gasteiger partial charge in [-0.05, 0) is 53.4 Å². The minimum atomic E-state index is -0.260. The number of aryl methyl sites for hydroxylation is 1. The number of nitrogen functional groups attached to an aromatic ring is 1. The Kier molecular flexibility index (Phi) is 3.28. The molecule has 0 aliphatic carbocycles. The fourth-order valence-corrected chi connectivity index (χ4v) is 2.84. The fraction of sp³-hybridized carbons (Fsp3) is 0.417. The van der Waals surface area contributed by atoms with Gasteiger partial charge in [0.05, 0.1) is 5.69 Å². The highest BCUT2D eigenvalue weighted by Gasteiger charge is 2.30. The lowest BCUT2D eigenvalue weighted by atomic mass is 10.1. The van der Waals surface area contributed by atoms with Gasteiger partial charge in [0.15, 0.2) is 0 Å². The van der Waals surface area contributed by atoms with E-state index in [1.54, 1.807) is 0 Å². The summed E-state index contributed by atoms with van der Waals surface area (Å²) >= 11 is 3.49. The Bertz CT molecular complexity index is 461. The van der Waals surface area contributed by atoms with Crippen molar-refractivity contribution in [3.05, 3.63) is 22.2 Å². The number of rotatable bonds is 2. The van der Waals surface area contributed by atoms with E-state index in [0.29, 0.717) is 0 Å². The van der Waals surface area contributed by atoms with Crippen molar-refractivity contribution >= 4 is 33.2 Å². The zero-order chi connectivity index (χ0) is 12.6. The zero-order valence-electron chi connectivity index (χ0n) is 9.74. The third-order valence-electron chi connectivity index (χ3n) is 3.23. The molecule has 0 bridgehead atoms. The molecule has 4 nitrogen and oxygen atoms in total. The highest BCUT2D eigenvalue weighted by molar-refractivity contribution is 9.10. The van der Waals surface area contributed by atoms with Crippen LogP contribution >= 0.6 is 15.9 Å². The van der Waals surface area contributed by atoms with E-state index < -0.39 is 0 Å². The van der Waals surface area contributed by atoms with Crippen LogP contribution in [0.4, 0.5) is 11.4 Å². The molecule has 1 aromatic rings. The van der Waals surface area contributed by atoms with E-state index in [-0.39, 0.29) is 11.9 Å². The predicted octanol–water partition coefficient (Wildman–Crippen LogP) is 1.79. The van der Waals surface area contributed by atoms with Crippen molar-refractivity contribution < 1.29 is 4.79 Å². The number of carbonyl (C=O) groups excluding carboxylic acids is 1. The molecule has 0 saturated carbocycles. The Balaban J connectivity index is 2.40. The summed E-state index contributed by atoms with van der Waals surface area (Å²) in [5.41, 5.74) is 14.0. The Labute approximate surface area is 109 Å². The molecule has 1 aliphatic rings. The maximum atomic E-state index is 11.4. The molecule has 92 valence electrons. The van der Waals surface area contributed by atoms with E-state index in [2.05, 4.69) is 20.8 Å². The van der Waals surface area contributed by atoms with Crippen molar-refractivity contribution in [2.24, 2.45) is 5.73 Å². The summed E-state index contributed by atoms with van der Waals surface area (Å²) in [5, 5.41) is 0. The van der Waals surface area contributed by atoms with Crippen LogP contribution in [0.1, 0.15) is 18.4 Å². The SMILES string of the molecule is Cc1cc(N2CCCC2C(N)=O)c(Br)cc1N. The van der Waals surface area contributed by atoms with Crippen LogP contribution in [0, 0.1) is 6.92 Å². The van der Waals surface area contributed by atoms with Gasteiger partial charge < -0.3 is 16.4 Å².